The highest BCUT2D eigenvalue weighted by Crippen LogP contribution is 2.14. The Kier molecular flexibility index (Phi) is 4.21. The van der Waals surface area contributed by atoms with Crippen LogP contribution in [-0.2, 0) is 20.1 Å². The first-order chi connectivity index (χ1) is 8.65. The molecule has 2 heteroatoms. The maximum absolute atomic E-state index is 3.47. The second-order valence-corrected chi connectivity index (χ2v) is 5.19. The van der Waals surface area contributed by atoms with Gasteiger partial charge in [0.2, 0.25) is 0 Å². The van der Waals surface area contributed by atoms with E-state index < -0.39 is 0 Å². The summed E-state index contributed by atoms with van der Waals surface area (Å²) >= 11 is 0. The van der Waals surface area contributed by atoms with Gasteiger partial charge in [0, 0.05) is 32.5 Å². The fraction of sp³-hybridized carbons (Fsp3) is 0.375. The number of nitrogens with one attached hydrogen (secondary N) is 1. The molecule has 0 spiro atoms. The van der Waals surface area contributed by atoms with E-state index in [0.29, 0.717) is 5.92 Å². The van der Waals surface area contributed by atoms with E-state index in [1.807, 2.05) is 7.05 Å². The molecule has 0 unspecified atom stereocenters. The van der Waals surface area contributed by atoms with Crippen molar-refractivity contribution in [2.45, 2.75) is 32.9 Å². The van der Waals surface area contributed by atoms with Crippen LogP contribution >= 0.6 is 0 Å². The van der Waals surface area contributed by atoms with Crippen LogP contribution in [-0.4, -0.2) is 4.57 Å². The largest absolute Gasteiger partial charge is 0.357 e. The van der Waals surface area contributed by atoms with Gasteiger partial charge in [0.25, 0.3) is 0 Å². The molecular formula is C16H22N2. The van der Waals surface area contributed by atoms with Crippen LogP contribution < -0.4 is 5.32 Å². The van der Waals surface area contributed by atoms with Gasteiger partial charge in [-0.2, -0.15) is 0 Å². The van der Waals surface area contributed by atoms with Crippen molar-refractivity contribution in [3.8, 4) is 0 Å². The molecule has 0 bridgehead atoms. The van der Waals surface area contributed by atoms with Crippen molar-refractivity contribution in [3.63, 3.8) is 0 Å². The topological polar surface area (TPSA) is 17.0 Å². The van der Waals surface area contributed by atoms with Crippen LogP contribution in [0.1, 0.15) is 36.5 Å². The molecule has 0 atom stereocenters. The number of aryl methyl sites for hydroxylation is 1. The van der Waals surface area contributed by atoms with Crippen LogP contribution in [0.5, 0.6) is 0 Å². The molecule has 0 amide bonds. The molecule has 2 rings (SSSR count). The molecule has 1 aromatic carbocycles. The van der Waals surface area contributed by atoms with Gasteiger partial charge in [-0.05, 0) is 28.7 Å². The van der Waals surface area contributed by atoms with Gasteiger partial charge in [0.05, 0.1) is 0 Å². The summed E-state index contributed by atoms with van der Waals surface area (Å²) in [5.41, 5.74) is 4.08. The third kappa shape index (κ3) is 3.47. The van der Waals surface area contributed by atoms with Crippen LogP contribution in [0.25, 0.3) is 0 Å². The number of benzene rings is 1. The number of nitrogens with zero attached hydrogens (tertiary/aromatic N) is 1. The van der Waals surface area contributed by atoms with Gasteiger partial charge in [-0.3, -0.25) is 0 Å². The Balaban J connectivity index is 1.83. The minimum atomic E-state index is 0.608. The molecule has 0 aliphatic carbocycles. The van der Waals surface area contributed by atoms with Crippen molar-refractivity contribution < 1.29 is 0 Å². The first-order valence-electron chi connectivity index (χ1n) is 6.55. The highest BCUT2D eigenvalue weighted by Gasteiger charge is 1.99. The van der Waals surface area contributed by atoms with Gasteiger partial charge in [-0.25, -0.2) is 0 Å². The molecule has 1 aromatic heterocycles. The van der Waals surface area contributed by atoms with Crippen molar-refractivity contribution in [2.24, 2.45) is 7.05 Å². The van der Waals surface area contributed by atoms with Crippen molar-refractivity contribution in [2.75, 3.05) is 0 Å². The van der Waals surface area contributed by atoms with E-state index in [2.05, 4.69) is 66.5 Å². The second-order valence-electron chi connectivity index (χ2n) is 5.19. The molecule has 0 radical (unpaired) electrons. The summed E-state index contributed by atoms with van der Waals surface area (Å²) in [7, 11) is 2.05. The Hall–Kier alpha value is -1.54. The van der Waals surface area contributed by atoms with E-state index in [1.54, 1.807) is 0 Å². The summed E-state index contributed by atoms with van der Waals surface area (Å²) in [5, 5.41) is 3.47. The summed E-state index contributed by atoms with van der Waals surface area (Å²) < 4.78 is 2.08. The summed E-state index contributed by atoms with van der Waals surface area (Å²) in [5.74, 6) is 0.608. The first kappa shape index (κ1) is 12.9. The average molecular weight is 242 g/mol. The van der Waals surface area contributed by atoms with Crippen LogP contribution in [0, 0.1) is 0 Å². The monoisotopic (exact) mass is 242 g/mol. The summed E-state index contributed by atoms with van der Waals surface area (Å²) in [6, 6.07) is 11.0. The van der Waals surface area contributed by atoms with Gasteiger partial charge < -0.3 is 9.88 Å². The zero-order valence-electron chi connectivity index (χ0n) is 11.5. The predicted molar refractivity (Wildman–Crippen MR) is 76.5 cm³/mol. The number of hydrogen-bond acceptors (Lipinski definition) is 1. The average Bonchev–Trinajstić information content (AvgIpc) is 2.76. The Bertz CT molecular complexity index is 480. The highest BCUT2D eigenvalue weighted by molar-refractivity contribution is 5.24. The molecule has 96 valence electrons. The van der Waals surface area contributed by atoms with Crippen molar-refractivity contribution in [1.29, 1.82) is 0 Å². The number of aromatic nitrogens is 1. The van der Waals surface area contributed by atoms with Gasteiger partial charge in [-0.1, -0.05) is 38.1 Å². The molecule has 2 aromatic rings. The van der Waals surface area contributed by atoms with Gasteiger partial charge in [-0.15, -0.1) is 0 Å². The predicted octanol–water partition coefficient (Wildman–Crippen LogP) is 3.44. The fourth-order valence-electron chi connectivity index (χ4n) is 2.04. The molecule has 1 heterocycles. The lowest BCUT2D eigenvalue weighted by atomic mass is 10.0. The zero-order chi connectivity index (χ0) is 13.0. The molecule has 0 fully saturated rings. The van der Waals surface area contributed by atoms with Crippen LogP contribution in [0.3, 0.4) is 0 Å². The minimum absolute atomic E-state index is 0.608. The Morgan fingerprint density at radius 1 is 1.00 bits per heavy atom. The van der Waals surface area contributed by atoms with Crippen molar-refractivity contribution in [1.82, 2.24) is 9.88 Å². The minimum Gasteiger partial charge on any atom is -0.357 e. The van der Waals surface area contributed by atoms with E-state index in [1.165, 1.54) is 16.7 Å². The molecule has 0 aliphatic heterocycles. The van der Waals surface area contributed by atoms with E-state index in [4.69, 9.17) is 0 Å². The lowest BCUT2D eigenvalue weighted by molar-refractivity contribution is 0.691. The number of rotatable bonds is 5. The molecule has 18 heavy (non-hydrogen) atoms. The molecule has 0 saturated heterocycles. The Morgan fingerprint density at radius 2 is 1.67 bits per heavy atom. The van der Waals surface area contributed by atoms with E-state index in [9.17, 15) is 0 Å². The normalized spacial score (nSPS) is 11.1. The second kappa shape index (κ2) is 5.87. The maximum atomic E-state index is 3.47. The summed E-state index contributed by atoms with van der Waals surface area (Å²) in [6.07, 6.45) is 4.23. The molecule has 0 aliphatic rings. The van der Waals surface area contributed by atoms with Gasteiger partial charge in [0.1, 0.15) is 0 Å². The van der Waals surface area contributed by atoms with Crippen molar-refractivity contribution >= 4 is 0 Å². The summed E-state index contributed by atoms with van der Waals surface area (Å²) in [4.78, 5) is 0. The van der Waals surface area contributed by atoms with Crippen molar-refractivity contribution in [3.05, 3.63) is 59.4 Å². The van der Waals surface area contributed by atoms with Crippen LogP contribution in [0.2, 0.25) is 0 Å². The maximum Gasteiger partial charge on any atom is 0.0223 e. The number of hydrogen-bond donors (Lipinski definition) is 1. The molecular weight excluding hydrogens is 220 g/mol. The van der Waals surface area contributed by atoms with Gasteiger partial charge in [0.15, 0.2) is 0 Å². The van der Waals surface area contributed by atoms with Crippen LogP contribution in [0.15, 0.2) is 42.7 Å². The zero-order valence-corrected chi connectivity index (χ0v) is 11.5. The highest BCUT2D eigenvalue weighted by atomic mass is 14.9. The van der Waals surface area contributed by atoms with E-state index in [0.717, 1.165) is 13.1 Å². The Labute approximate surface area is 110 Å². The third-order valence-corrected chi connectivity index (χ3v) is 3.20. The quantitative estimate of drug-likeness (QED) is 0.850. The summed E-state index contributed by atoms with van der Waals surface area (Å²) in [6.45, 7) is 6.30. The van der Waals surface area contributed by atoms with Crippen LogP contribution in [0.4, 0.5) is 0 Å². The third-order valence-electron chi connectivity index (χ3n) is 3.20. The standard InChI is InChI=1S/C16H22N2/c1-13(2)16-6-4-14(5-7-16)10-17-11-15-8-9-18(3)12-15/h4-9,12-13,17H,10-11H2,1-3H3. The van der Waals surface area contributed by atoms with Gasteiger partial charge >= 0.3 is 0 Å². The lowest BCUT2D eigenvalue weighted by Gasteiger charge is -2.07. The smallest absolute Gasteiger partial charge is 0.0223 e. The van der Waals surface area contributed by atoms with E-state index >= 15 is 0 Å². The molecule has 2 nitrogen and oxygen atoms in total. The molecule has 1 N–H and O–H groups in total. The first-order valence-corrected chi connectivity index (χ1v) is 6.55. The SMILES string of the molecule is CC(C)c1ccc(CNCc2ccn(C)c2)cc1. The molecule has 0 saturated carbocycles. The lowest BCUT2D eigenvalue weighted by Crippen LogP contribution is -2.12. The van der Waals surface area contributed by atoms with E-state index in [-0.39, 0.29) is 0 Å². The Morgan fingerprint density at radius 3 is 2.22 bits per heavy atom. The fourth-order valence-corrected chi connectivity index (χ4v) is 2.04.